The van der Waals surface area contributed by atoms with Gasteiger partial charge < -0.3 is 19.7 Å². The van der Waals surface area contributed by atoms with Crippen LogP contribution < -0.4 is 10.1 Å². The van der Waals surface area contributed by atoms with Crippen LogP contribution in [-0.4, -0.2) is 72.3 Å². The van der Waals surface area contributed by atoms with E-state index >= 15 is 0 Å². The fourth-order valence-corrected chi connectivity index (χ4v) is 16.6. The smallest absolute Gasteiger partial charge is 0.315 e. The number of hydrogen-bond acceptors (Lipinski definition) is 7. The van der Waals surface area contributed by atoms with Crippen molar-refractivity contribution in [3.8, 4) is 5.75 Å². The third kappa shape index (κ3) is 7.33. The highest BCUT2D eigenvalue weighted by molar-refractivity contribution is 7.99. The topological polar surface area (TPSA) is 63.7 Å². The summed E-state index contributed by atoms with van der Waals surface area (Å²) in [5, 5.41) is 5.24. The third-order valence-electron chi connectivity index (χ3n) is 19.2. The lowest BCUT2D eigenvalue weighted by Gasteiger charge is -2.72. The number of fused-ring (bicyclic) bond motifs is 7. The maximum atomic E-state index is 13.6. The van der Waals surface area contributed by atoms with Gasteiger partial charge in [-0.2, -0.15) is 11.8 Å². The first-order chi connectivity index (χ1) is 28.2. The number of hydrogen-bond donors (Lipinski definition) is 1. The third-order valence-corrected chi connectivity index (χ3v) is 20.4. The molecule has 326 valence electrons. The Morgan fingerprint density at radius 2 is 1.75 bits per heavy atom. The molecule has 1 saturated heterocycles. The van der Waals surface area contributed by atoms with Crippen LogP contribution in [0.3, 0.4) is 0 Å². The molecular formula is C52H79N3O3S. The van der Waals surface area contributed by atoms with Crippen LogP contribution in [0.1, 0.15) is 138 Å². The summed E-state index contributed by atoms with van der Waals surface area (Å²) in [6.07, 6.45) is 27.7. The highest BCUT2D eigenvalue weighted by Crippen LogP contribution is 2.76. The number of aromatic nitrogens is 1. The molecule has 4 saturated carbocycles. The van der Waals surface area contributed by atoms with Crippen LogP contribution in [0.2, 0.25) is 0 Å². The molecule has 8 rings (SSSR count). The lowest BCUT2D eigenvalue weighted by Crippen LogP contribution is -2.68. The zero-order valence-electron chi connectivity index (χ0n) is 38.3. The first-order valence-electron chi connectivity index (χ1n) is 23.9. The maximum Gasteiger partial charge on any atom is 0.315 e. The number of ether oxygens (including phenoxy) is 2. The molecule has 0 spiro atoms. The number of esters is 1. The van der Waals surface area contributed by atoms with Crippen molar-refractivity contribution in [1.29, 1.82) is 0 Å². The van der Waals surface area contributed by atoms with Gasteiger partial charge in [-0.3, -0.25) is 9.78 Å². The SMILES string of the molecule is C=C(C)[C@@H]1CC[C@]2(NCCN3CCC(SC)CC3)CC[C@]3(C)[C@H](CCC4[C@@]5(C)CC=C(C6=CCC(COc7cccnc7)(C(=O)OCC)CC6)C(C)(C)[C@@H]5CC[C@]43C)C12. The second kappa shape index (κ2) is 16.6. The van der Waals surface area contributed by atoms with Crippen molar-refractivity contribution < 1.29 is 14.3 Å². The molecule has 5 fully saturated rings. The van der Waals surface area contributed by atoms with E-state index in [2.05, 4.69) is 93.5 Å². The molecule has 10 atom stereocenters. The van der Waals surface area contributed by atoms with Crippen molar-refractivity contribution in [2.45, 2.75) is 149 Å². The van der Waals surface area contributed by atoms with Gasteiger partial charge in [-0.05, 0) is 198 Å². The standard InChI is InChI=1S/C52H79N3O3S/c1-10-57-46(56)51(35-58-38-12-11-29-53-34-38)24-15-37(16-25-51)41-18-22-48(6)43(47(41,4)5)19-23-50(8)44(48)14-13-42-45-40(36(2)3)17-26-52(45,28-27-49(42,50)7)54-30-33-55-31-20-39(59-9)21-32-55/h11-12,15,18,29,34,39-40,42-45,54H,2,10,13-14,16-17,19-28,30-33,35H2,1,3-9H3/t40-,42+,43-,44?,45?,48-,49+,50+,51?,52-/m0/s1. The molecule has 1 aromatic heterocycles. The fourth-order valence-electron chi connectivity index (χ4n) is 15.9. The Hall–Kier alpha value is -2.09. The van der Waals surface area contributed by atoms with Crippen LogP contribution >= 0.6 is 11.8 Å². The van der Waals surface area contributed by atoms with E-state index in [-0.39, 0.29) is 22.3 Å². The molecule has 2 heterocycles. The molecule has 1 aromatic rings. The molecule has 59 heavy (non-hydrogen) atoms. The summed E-state index contributed by atoms with van der Waals surface area (Å²) in [4.78, 5) is 20.5. The summed E-state index contributed by atoms with van der Waals surface area (Å²) in [6.45, 7) is 27.9. The normalized spacial score (nSPS) is 40.7. The highest BCUT2D eigenvalue weighted by Gasteiger charge is 2.70. The Kier molecular flexibility index (Phi) is 12.2. The van der Waals surface area contributed by atoms with Crippen LogP contribution in [0.4, 0.5) is 0 Å². The maximum absolute atomic E-state index is 13.6. The lowest BCUT2D eigenvalue weighted by atomic mass is 9.33. The predicted octanol–water partition coefficient (Wildman–Crippen LogP) is 11.5. The minimum atomic E-state index is -0.676. The van der Waals surface area contributed by atoms with Crippen molar-refractivity contribution >= 4 is 17.7 Å². The van der Waals surface area contributed by atoms with Crippen LogP contribution in [0.25, 0.3) is 0 Å². The summed E-state index contributed by atoms with van der Waals surface area (Å²) in [7, 11) is 0. The number of nitrogens with one attached hydrogen (secondary N) is 1. The lowest BCUT2D eigenvalue weighted by molar-refractivity contribution is -0.221. The van der Waals surface area contributed by atoms with Crippen LogP contribution in [-0.2, 0) is 9.53 Å². The molecule has 7 aliphatic rings. The molecule has 0 bridgehead atoms. The number of nitrogens with zero attached hydrogens (tertiary/aromatic N) is 2. The molecule has 0 aromatic carbocycles. The molecule has 7 heteroatoms. The van der Waals surface area contributed by atoms with Crippen molar-refractivity contribution in [3.05, 3.63) is 60.0 Å². The van der Waals surface area contributed by atoms with E-state index in [1.54, 1.807) is 18.0 Å². The number of rotatable bonds is 12. The number of piperidine rings is 1. The van der Waals surface area contributed by atoms with Gasteiger partial charge in [0.15, 0.2) is 0 Å². The van der Waals surface area contributed by atoms with E-state index in [1.165, 1.54) is 101 Å². The fraction of sp³-hybridized carbons (Fsp3) is 0.769. The van der Waals surface area contributed by atoms with Crippen LogP contribution in [0, 0.1) is 56.7 Å². The largest absolute Gasteiger partial charge is 0.491 e. The number of pyridine rings is 1. The van der Waals surface area contributed by atoms with Crippen molar-refractivity contribution in [3.63, 3.8) is 0 Å². The summed E-state index contributed by atoms with van der Waals surface area (Å²) in [5.41, 5.74) is 5.04. The number of carbonyl (C=O) groups is 1. The molecule has 6 aliphatic carbocycles. The first kappa shape index (κ1) is 43.6. The average Bonchev–Trinajstić information content (AvgIpc) is 3.61. The van der Waals surface area contributed by atoms with Gasteiger partial charge in [0.2, 0.25) is 0 Å². The average molecular weight is 826 g/mol. The molecule has 0 radical (unpaired) electrons. The van der Waals surface area contributed by atoms with Crippen molar-refractivity contribution in [2.24, 2.45) is 56.7 Å². The molecule has 1 N–H and O–H groups in total. The Labute approximate surface area is 363 Å². The minimum absolute atomic E-state index is 0.0703. The second-order valence-corrected chi connectivity index (χ2v) is 23.1. The number of carbonyl (C=O) groups excluding carboxylic acids is 1. The highest BCUT2D eigenvalue weighted by atomic mass is 32.2. The van der Waals surface area contributed by atoms with Crippen LogP contribution in [0.5, 0.6) is 5.75 Å². The zero-order valence-corrected chi connectivity index (χ0v) is 39.1. The predicted molar refractivity (Wildman–Crippen MR) is 244 cm³/mol. The van der Waals surface area contributed by atoms with Gasteiger partial charge in [0.05, 0.1) is 12.8 Å². The molecule has 6 nitrogen and oxygen atoms in total. The minimum Gasteiger partial charge on any atom is -0.491 e. The molecule has 0 amide bonds. The molecular weight excluding hydrogens is 747 g/mol. The van der Waals surface area contributed by atoms with Gasteiger partial charge >= 0.3 is 5.97 Å². The van der Waals surface area contributed by atoms with Gasteiger partial charge in [-0.15, -0.1) is 0 Å². The van der Waals surface area contributed by atoms with Crippen LogP contribution in [0.15, 0.2) is 60.0 Å². The van der Waals surface area contributed by atoms with Gasteiger partial charge in [0.25, 0.3) is 0 Å². The Balaban J connectivity index is 1.01. The Bertz CT molecular complexity index is 1770. The van der Waals surface area contributed by atoms with E-state index < -0.39 is 5.41 Å². The monoisotopic (exact) mass is 826 g/mol. The number of thioether (sulfide) groups is 1. The van der Waals surface area contributed by atoms with Gasteiger partial charge in [-0.1, -0.05) is 58.9 Å². The second-order valence-electron chi connectivity index (χ2n) is 22.0. The summed E-state index contributed by atoms with van der Waals surface area (Å²) in [5.74, 6) is 4.02. The van der Waals surface area contributed by atoms with Crippen molar-refractivity contribution in [1.82, 2.24) is 15.2 Å². The molecule has 3 unspecified atom stereocenters. The quantitative estimate of drug-likeness (QED) is 0.166. The van der Waals surface area contributed by atoms with Gasteiger partial charge in [0.1, 0.15) is 17.8 Å². The number of allylic oxidation sites excluding steroid dienone is 5. The van der Waals surface area contributed by atoms with E-state index in [9.17, 15) is 4.79 Å². The summed E-state index contributed by atoms with van der Waals surface area (Å²) < 4.78 is 11.9. The van der Waals surface area contributed by atoms with E-state index in [1.807, 2.05) is 19.1 Å². The van der Waals surface area contributed by atoms with E-state index in [4.69, 9.17) is 9.47 Å². The van der Waals surface area contributed by atoms with Crippen molar-refractivity contribution in [2.75, 3.05) is 45.6 Å². The van der Waals surface area contributed by atoms with E-state index in [0.717, 1.165) is 36.5 Å². The number of likely N-dealkylation sites (tertiary alicyclic amines) is 1. The first-order valence-corrected chi connectivity index (χ1v) is 25.2. The van der Waals surface area contributed by atoms with E-state index in [0.29, 0.717) is 54.0 Å². The summed E-state index contributed by atoms with van der Waals surface area (Å²) >= 11 is 2.07. The van der Waals surface area contributed by atoms with Gasteiger partial charge in [-0.25, -0.2) is 0 Å². The Morgan fingerprint density at radius 3 is 2.42 bits per heavy atom. The Morgan fingerprint density at radius 1 is 0.949 bits per heavy atom. The van der Waals surface area contributed by atoms with Gasteiger partial charge in [0, 0.05) is 30.1 Å². The summed E-state index contributed by atoms with van der Waals surface area (Å²) in [6, 6.07) is 3.79. The zero-order chi connectivity index (χ0) is 41.8. The molecule has 1 aliphatic heterocycles.